The van der Waals surface area contributed by atoms with E-state index in [9.17, 15) is 22.9 Å². The van der Waals surface area contributed by atoms with Gasteiger partial charge in [-0.05, 0) is 29.8 Å². The lowest BCUT2D eigenvalue weighted by atomic mass is 10.1. The van der Waals surface area contributed by atoms with Crippen LogP contribution < -0.4 is 0 Å². The van der Waals surface area contributed by atoms with Crippen LogP contribution >= 0.6 is 11.6 Å². The summed E-state index contributed by atoms with van der Waals surface area (Å²) in [5.74, 6) is -0.411. The molecule has 10 heteroatoms. The third-order valence-electron chi connectivity index (χ3n) is 4.01. The Morgan fingerprint density at radius 2 is 1.92 bits per heavy atom. The van der Waals surface area contributed by atoms with Crippen LogP contribution in [0.4, 0.5) is 10.1 Å². The molecular weight excluding hydrogens is 387 g/mol. The van der Waals surface area contributed by atoms with Crippen LogP contribution in [0.2, 0.25) is 5.02 Å². The normalized spacial score (nSPS) is 18.6. The minimum Gasteiger partial charge on any atom is -0.371 e. The summed E-state index contributed by atoms with van der Waals surface area (Å²) in [6.45, 7) is 0.135. The minimum atomic E-state index is -4.12. The molecule has 1 saturated heterocycles. The van der Waals surface area contributed by atoms with Gasteiger partial charge in [0.1, 0.15) is 5.82 Å². The van der Waals surface area contributed by atoms with Gasteiger partial charge in [-0.3, -0.25) is 10.1 Å². The highest BCUT2D eigenvalue weighted by atomic mass is 35.5. The summed E-state index contributed by atoms with van der Waals surface area (Å²) in [6.07, 6.45) is -0.592. The molecule has 0 aromatic heterocycles. The molecule has 7 nitrogen and oxygen atoms in total. The molecule has 1 aliphatic rings. The molecule has 0 bridgehead atoms. The number of morpholine rings is 1. The molecule has 0 aliphatic carbocycles. The third kappa shape index (κ3) is 3.70. The van der Waals surface area contributed by atoms with E-state index < -0.39 is 37.5 Å². The van der Waals surface area contributed by atoms with Crippen molar-refractivity contribution in [1.82, 2.24) is 4.31 Å². The SMILES string of the molecule is O=[N+]([O-])c1cc(Cl)ccc1S(=O)(=O)N1CCOC(c2ccc(F)cc2)C1. The number of ether oxygens (including phenoxy) is 1. The molecule has 138 valence electrons. The molecule has 2 aromatic carbocycles. The molecule has 1 heterocycles. The topological polar surface area (TPSA) is 89.8 Å². The smallest absolute Gasteiger partial charge is 0.290 e. The fraction of sp³-hybridized carbons (Fsp3) is 0.250. The Labute approximate surface area is 154 Å². The van der Waals surface area contributed by atoms with Gasteiger partial charge in [0.25, 0.3) is 5.69 Å². The van der Waals surface area contributed by atoms with Crippen molar-refractivity contribution < 1.29 is 22.5 Å². The van der Waals surface area contributed by atoms with Crippen LogP contribution in [0.1, 0.15) is 11.7 Å². The van der Waals surface area contributed by atoms with Crippen molar-refractivity contribution in [3.63, 3.8) is 0 Å². The number of benzene rings is 2. The Kier molecular flexibility index (Phi) is 5.24. The van der Waals surface area contributed by atoms with E-state index in [1.54, 1.807) is 0 Å². The Balaban J connectivity index is 1.92. The van der Waals surface area contributed by atoms with Crippen LogP contribution in [0.3, 0.4) is 0 Å². The van der Waals surface area contributed by atoms with E-state index >= 15 is 0 Å². The summed E-state index contributed by atoms with van der Waals surface area (Å²) >= 11 is 5.75. The van der Waals surface area contributed by atoms with Crippen molar-refractivity contribution in [2.75, 3.05) is 19.7 Å². The van der Waals surface area contributed by atoms with Gasteiger partial charge >= 0.3 is 0 Å². The zero-order valence-corrected chi connectivity index (χ0v) is 14.9. The molecule has 1 atom stereocenters. The standard InChI is InChI=1S/C16H14ClFN2O5S/c17-12-3-6-16(14(9-12)20(21)22)26(23,24)19-7-8-25-15(10-19)11-1-4-13(18)5-2-11/h1-6,9,15H,7-8,10H2. The molecule has 2 aromatic rings. The monoisotopic (exact) mass is 400 g/mol. The number of hydrogen-bond acceptors (Lipinski definition) is 5. The van der Waals surface area contributed by atoms with Crippen molar-refractivity contribution >= 4 is 27.3 Å². The Hall–Kier alpha value is -2.07. The van der Waals surface area contributed by atoms with E-state index in [0.717, 1.165) is 16.4 Å². The number of sulfonamides is 1. The molecule has 26 heavy (non-hydrogen) atoms. The van der Waals surface area contributed by atoms with Gasteiger partial charge in [-0.15, -0.1) is 0 Å². The first-order valence-electron chi connectivity index (χ1n) is 7.60. The summed E-state index contributed by atoms with van der Waals surface area (Å²) in [5.41, 5.74) is 0.0410. The van der Waals surface area contributed by atoms with Crippen molar-refractivity contribution in [2.24, 2.45) is 0 Å². The highest BCUT2D eigenvalue weighted by Crippen LogP contribution is 2.32. The molecule has 1 fully saturated rings. The van der Waals surface area contributed by atoms with Gasteiger partial charge in [0.2, 0.25) is 10.0 Å². The van der Waals surface area contributed by atoms with Crippen molar-refractivity contribution in [2.45, 2.75) is 11.0 Å². The minimum absolute atomic E-state index is 0.0340. The number of nitro benzene ring substituents is 1. The quantitative estimate of drug-likeness (QED) is 0.581. The molecule has 0 saturated carbocycles. The first kappa shape index (κ1) is 18.7. The van der Waals surface area contributed by atoms with Crippen molar-refractivity contribution in [3.05, 3.63) is 69.0 Å². The van der Waals surface area contributed by atoms with Crippen LogP contribution in [-0.2, 0) is 14.8 Å². The largest absolute Gasteiger partial charge is 0.371 e. The van der Waals surface area contributed by atoms with Gasteiger partial charge in [0.15, 0.2) is 4.90 Å². The van der Waals surface area contributed by atoms with Crippen LogP contribution in [0.5, 0.6) is 0 Å². The van der Waals surface area contributed by atoms with E-state index in [1.165, 1.54) is 30.3 Å². The summed E-state index contributed by atoms with van der Waals surface area (Å²) in [6, 6.07) is 8.97. The van der Waals surface area contributed by atoms with Gasteiger partial charge in [0, 0.05) is 24.2 Å². The molecule has 0 amide bonds. The lowest BCUT2D eigenvalue weighted by Crippen LogP contribution is -2.42. The van der Waals surface area contributed by atoms with E-state index in [0.29, 0.717) is 5.56 Å². The summed E-state index contributed by atoms with van der Waals surface area (Å²) < 4.78 is 45.6. The molecule has 0 spiro atoms. The van der Waals surface area contributed by atoms with Gasteiger partial charge in [-0.1, -0.05) is 23.7 Å². The average Bonchev–Trinajstić information content (AvgIpc) is 2.62. The second-order valence-electron chi connectivity index (χ2n) is 5.64. The fourth-order valence-electron chi connectivity index (χ4n) is 2.71. The highest BCUT2D eigenvalue weighted by Gasteiger charge is 2.35. The Morgan fingerprint density at radius 3 is 2.58 bits per heavy atom. The van der Waals surface area contributed by atoms with Gasteiger partial charge in [-0.25, -0.2) is 12.8 Å². The molecule has 1 aliphatic heterocycles. The van der Waals surface area contributed by atoms with Crippen LogP contribution in [0.15, 0.2) is 47.4 Å². The van der Waals surface area contributed by atoms with E-state index in [-0.39, 0.29) is 24.7 Å². The van der Waals surface area contributed by atoms with Gasteiger partial charge < -0.3 is 4.74 Å². The second-order valence-corrected chi connectivity index (χ2v) is 7.99. The number of halogens is 2. The zero-order chi connectivity index (χ0) is 18.9. The van der Waals surface area contributed by atoms with Crippen molar-refractivity contribution in [3.8, 4) is 0 Å². The summed E-state index contributed by atoms with van der Waals surface area (Å²) in [4.78, 5) is 10.0. The first-order valence-corrected chi connectivity index (χ1v) is 9.42. The van der Waals surface area contributed by atoms with Crippen LogP contribution in [0, 0.1) is 15.9 Å². The fourth-order valence-corrected chi connectivity index (χ4v) is 4.44. The lowest BCUT2D eigenvalue weighted by molar-refractivity contribution is -0.387. The van der Waals surface area contributed by atoms with E-state index in [1.807, 2.05) is 0 Å². The Bertz CT molecular complexity index is 936. The van der Waals surface area contributed by atoms with Crippen LogP contribution in [0.25, 0.3) is 0 Å². The lowest BCUT2D eigenvalue weighted by Gasteiger charge is -2.32. The number of nitrogens with zero attached hydrogens (tertiary/aromatic N) is 2. The molecule has 1 unspecified atom stereocenters. The average molecular weight is 401 g/mol. The third-order valence-corrected chi connectivity index (χ3v) is 6.15. The van der Waals surface area contributed by atoms with E-state index in [4.69, 9.17) is 16.3 Å². The molecule has 0 radical (unpaired) electrons. The predicted molar refractivity (Wildman–Crippen MR) is 92.0 cm³/mol. The highest BCUT2D eigenvalue weighted by molar-refractivity contribution is 7.89. The maximum atomic E-state index is 13.1. The molecule has 3 rings (SSSR count). The van der Waals surface area contributed by atoms with E-state index in [2.05, 4.69) is 0 Å². The zero-order valence-electron chi connectivity index (χ0n) is 13.3. The number of rotatable bonds is 4. The first-order chi connectivity index (χ1) is 12.3. The van der Waals surface area contributed by atoms with Gasteiger partial charge in [-0.2, -0.15) is 4.31 Å². The summed E-state index contributed by atoms with van der Waals surface area (Å²) in [5, 5.41) is 11.3. The number of nitro groups is 1. The predicted octanol–water partition coefficient (Wildman–Crippen LogP) is 3.15. The Morgan fingerprint density at radius 1 is 1.23 bits per heavy atom. The van der Waals surface area contributed by atoms with Gasteiger partial charge in [0.05, 0.1) is 17.6 Å². The van der Waals surface area contributed by atoms with Crippen molar-refractivity contribution in [1.29, 1.82) is 0 Å². The number of hydrogen-bond donors (Lipinski definition) is 0. The molecule has 0 N–H and O–H groups in total. The van der Waals surface area contributed by atoms with Crippen LogP contribution in [-0.4, -0.2) is 37.3 Å². The second kappa shape index (κ2) is 7.28. The molecular formula is C16H14ClFN2O5S. The summed E-state index contributed by atoms with van der Waals surface area (Å²) in [7, 11) is -4.12. The maximum absolute atomic E-state index is 13.1. The maximum Gasteiger partial charge on any atom is 0.290 e.